The second-order valence-corrected chi connectivity index (χ2v) is 7.66. The largest absolute Gasteiger partial charge is 0.378 e. The third kappa shape index (κ3) is 3.29. The van der Waals surface area contributed by atoms with Crippen LogP contribution >= 0.6 is 22.7 Å². The maximum absolute atomic E-state index is 12.1. The average molecular weight is 355 g/mol. The number of benzene rings is 1. The fourth-order valence-corrected chi connectivity index (χ4v) is 4.66. The molecule has 3 aromatic rings. The van der Waals surface area contributed by atoms with Crippen LogP contribution in [0.25, 0.3) is 20.9 Å². The lowest BCUT2D eigenvalue weighted by Gasteiger charge is -2.28. The normalized spacial score (nSPS) is 14.8. The Balaban J connectivity index is 1.66. The Kier molecular flexibility index (Phi) is 4.47. The van der Waals surface area contributed by atoms with E-state index in [1.54, 1.807) is 34.8 Å². The highest BCUT2D eigenvalue weighted by Gasteiger charge is 2.14. The first-order valence-corrected chi connectivity index (χ1v) is 9.61. The van der Waals surface area contributed by atoms with Crippen LogP contribution in [0.2, 0.25) is 0 Å². The molecule has 0 radical (unpaired) electrons. The minimum Gasteiger partial charge on any atom is -0.378 e. The molecular weight excluding hydrogens is 338 g/mol. The van der Waals surface area contributed by atoms with Gasteiger partial charge in [0.25, 0.3) is 0 Å². The first-order valence-electron chi connectivity index (χ1n) is 7.92. The molecule has 1 aromatic carbocycles. The molecule has 0 N–H and O–H groups in total. The Morgan fingerprint density at radius 3 is 2.29 bits per heavy atom. The highest BCUT2D eigenvalue weighted by molar-refractivity contribution is 7.19. The monoisotopic (exact) mass is 355 g/mol. The first-order chi connectivity index (χ1) is 11.8. The van der Waals surface area contributed by atoms with Gasteiger partial charge in [-0.25, -0.2) is 0 Å². The lowest BCUT2D eigenvalue weighted by Crippen LogP contribution is -2.36. The van der Waals surface area contributed by atoms with Crippen LogP contribution in [0.4, 0.5) is 5.00 Å². The van der Waals surface area contributed by atoms with Crippen molar-refractivity contribution in [2.24, 2.45) is 0 Å². The van der Waals surface area contributed by atoms with E-state index in [0.29, 0.717) is 0 Å². The molecule has 0 unspecified atom stereocenters. The number of ether oxygens (including phenoxy) is 1. The van der Waals surface area contributed by atoms with E-state index in [0.717, 1.165) is 41.7 Å². The summed E-state index contributed by atoms with van der Waals surface area (Å²) in [4.78, 5) is 16.6. The Labute approximate surface area is 148 Å². The molecule has 24 heavy (non-hydrogen) atoms. The van der Waals surface area contributed by atoms with E-state index < -0.39 is 0 Å². The fourth-order valence-electron chi connectivity index (χ4n) is 2.79. The standard InChI is InChI=1S/C19H17NO2S2/c21-16-12-18(24-19(13-16)20-7-9-22-10-8-20)15-5-3-14(4-6-15)17-2-1-11-23-17/h1-6,11-13H,7-10H2. The smallest absolute Gasteiger partial charge is 0.182 e. The van der Waals surface area contributed by atoms with Crippen molar-refractivity contribution in [3.05, 3.63) is 64.1 Å². The highest BCUT2D eigenvalue weighted by atomic mass is 32.1. The summed E-state index contributed by atoms with van der Waals surface area (Å²) < 4.78 is 5.40. The molecule has 1 saturated heterocycles. The topological polar surface area (TPSA) is 29.5 Å². The van der Waals surface area contributed by atoms with Gasteiger partial charge in [-0.3, -0.25) is 4.79 Å². The number of hydrogen-bond acceptors (Lipinski definition) is 5. The van der Waals surface area contributed by atoms with Gasteiger partial charge in [0, 0.05) is 35.0 Å². The van der Waals surface area contributed by atoms with Gasteiger partial charge in [0.15, 0.2) is 5.43 Å². The Hall–Kier alpha value is -1.95. The number of thiophene rings is 1. The average Bonchev–Trinajstić information content (AvgIpc) is 3.17. The molecule has 4 rings (SSSR count). The fraction of sp³-hybridized carbons (Fsp3) is 0.211. The SMILES string of the molecule is O=c1cc(-c2ccc(-c3cccs3)cc2)sc(N2CCOCC2)c1. The van der Waals surface area contributed by atoms with Crippen LogP contribution in [-0.2, 0) is 4.74 Å². The molecule has 3 heterocycles. The third-order valence-corrected chi connectivity index (χ3v) is 6.13. The van der Waals surface area contributed by atoms with E-state index in [1.807, 2.05) is 0 Å². The molecule has 1 aliphatic rings. The summed E-state index contributed by atoms with van der Waals surface area (Å²) in [5.41, 5.74) is 2.37. The Morgan fingerprint density at radius 2 is 1.62 bits per heavy atom. The van der Waals surface area contributed by atoms with Crippen molar-refractivity contribution in [2.75, 3.05) is 31.2 Å². The van der Waals surface area contributed by atoms with Crippen LogP contribution in [0.1, 0.15) is 0 Å². The van der Waals surface area contributed by atoms with Gasteiger partial charge in [0.05, 0.1) is 18.2 Å². The predicted molar refractivity (Wildman–Crippen MR) is 102 cm³/mol. The molecule has 0 bridgehead atoms. The molecular formula is C19H17NO2S2. The van der Waals surface area contributed by atoms with Crippen LogP contribution in [0.5, 0.6) is 0 Å². The zero-order valence-corrected chi connectivity index (χ0v) is 14.7. The van der Waals surface area contributed by atoms with Crippen LogP contribution in [0.15, 0.2) is 58.7 Å². The maximum Gasteiger partial charge on any atom is 0.182 e. The summed E-state index contributed by atoms with van der Waals surface area (Å²) in [6, 6.07) is 16.1. The van der Waals surface area contributed by atoms with E-state index in [9.17, 15) is 4.79 Å². The lowest BCUT2D eigenvalue weighted by atomic mass is 10.1. The zero-order chi connectivity index (χ0) is 16.4. The summed E-state index contributed by atoms with van der Waals surface area (Å²) in [5.74, 6) is 0. The van der Waals surface area contributed by atoms with Gasteiger partial charge in [-0.2, -0.15) is 0 Å². The maximum atomic E-state index is 12.1. The summed E-state index contributed by atoms with van der Waals surface area (Å²) in [6.07, 6.45) is 0. The number of rotatable bonds is 3. The van der Waals surface area contributed by atoms with Crippen LogP contribution < -0.4 is 10.3 Å². The van der Waals surface area contributed by atoms with Gasteiger partial charge < -0.3 is 9.64 Å². The third-order valence-electron chi connectivity index (χ3n) is 4.05. The van der Waals surface area contributed by atoms with Crippen molar-refractivity contribution in [1.82, 2.24) is 0 Å². The number of nitrogens with zero attached hydrogens (tertiary/aromatic N) is 1. The van der Waals surface area contributed by atoms with Crippen molar-refractivity contribution >= 4 is 27.7 Å². The van der Waals surface area contributed by atoms with Crippen LogP contribution in [0, 0.1) is 0 Å². The molecule has 1 fully saturated rings. The molecule has 0 aliphatic carbocycles. The van der Waals surface area contributed by atoms with E-state index in [1.165, 1.54) is 10.4 Å². The molecule has 2 aromatic heterocycles. The Bertz CT molecular complexity index is 863. The molecule has 0 spiro atoms. The van der Waals surface area contributed by atoms with Crippen molar-refractivity contribution in [3.8, 4) is 20.9 Å². The van der Waals surface area contributed by atoms with Crippen LogP contribution in [-0.4, -0.2) is 26.3 Å². The van der Waals surface area contributed by atoms with E-state index >= 15 is 0 Å². The van der Waals surface area contributed by atoms with Crippen molar-refractivity contribution < 1.29 is 4.74 Å². The van der Waals surface area contributed by atoms with Crippen LogP contribution in [0.3, 0.4) is 0 Å². The molecule has 3 nitrogen and oxygen atoms in total. The molecule has 122 valence electrons. The van der Waals surface area contributed by atoms with E-state index in [-0.39, 0.29) is 5.43 Å². The summed E-state index contributed by atoms with van der Waals surface area (Å²) in [7, 11) is 0. The van der Waals surface area contributed by atoms with Crippen molar-refractivity contribution in [2.45, 2.75) is 0 Å². The van der Waals surface area contributed by atoms with Gasteiger partial charge in [-0.15, -0.1) is 22.7 Å². The summed E-state index contributed by atoms with van der Waals surface area (Å²) in [6.45, 7) is 3.13. The summed E-state index contributed by atoms with van der Waals surface area (Å²) in [5, 5.41) is 3.11. The zero-order valence-electron chi connectivity index (χ0n) is 13.1. The minimum absolute atomic E-state index is 0.0626. The van der Waals surface area contributed by atoms with Crippen molar-refractivity contribution in [1.29, 1.82) is 0 Å². The van der Waals surface area contributed by atoms with E-state index in [4.69, 9.17) is 4.74 Å². The lowest BCUT2D eigenvalue weighted by molar-refractivity contribution is 0.123. The van der Waals surface area contributed by atoms with Gasteiger partial charge in [0.1, 0.15) is 0 Å². The first kappa shape index (κ1) is 15.6. The Morgan fingerprint density at radius 1 is 0.917 bits per heavy atom. The number of anilines is 1. The van der Waals surface area contributed by atoms with Crippen molar-refractivity contribution in [3.63, 3.8) is 0 Å². The summed E-state index contributed by atoms with van der Waals surface area (Å²) >= 11 is 3.41. The molecule has 0 saturated carbocycles. The number of morpholine rings is 1. The van der Waals surface area contributed by atoms with Gasteiger partial charge >= 0.3 is 0 Å². The van der Waals surface area contributed by atoms with Gasteiger partial charge in [0.2, 0.25) is 0 Å². The highest BCUT2D eigenvalue weighted by Crippen LogP contribution is 2.32. The molecule has 5 heteroatoms. The molecule has 0 atom stereocenters. The molecule has 0 amide bonds. The predicted octanol–water partition coefficient (Wildman–Crippen LogP) is 4.34. The van der Waals surface area contributed by atoms with Gasteiger partial charge in [-0.1, -0.05) is 30.3 Å². The quantitative estimate of drug-likeness (QED) is 0.700. The molecule has 1 aliphatic heterocycles. The second kappa shape index (κ2) is 6.89. The van der Waals surface area contributed by atoms with E-state index in [2.05, 4.69) is 46.7 Å². The number of hydrogen-bond donors (Lipinski definition) is 0. The van der Waals surface area contributed by atoms with Gasteiger partial charge in [-0.05, 0) is 22.6 Å². The second-order valence-electron chi connectivity index (χ2n) is 5.65. The minimum atomic E-state index is 0.0626.